The molecule has 0 radical (unpaired) electrons. The Hall–Kier alpha value is -1.63. The molecule has 0 amide bonds. The van der Waals surface area contributed by atoms with E-state index in [1.54, 1.807) is 31.2 Å². The van der Waals surface area contributed by atoms with Crippen molar-refractivity contribution >= 4 is 28.6 Å². The number of rotatable bonds is 3. The van der Waals surface area contributed by atoms with Crippen molar-refractivity contribution in [2.45, 2.75) is 6.92 Å². The van der Waals surface area contributed by atoms with Crippen LogP contribution in [0.2, 0.25) is 0 Å². The second-order valence-corrected chi connectivity index (χ2v) is 5.65. The van der Waals surface area contributed by atoms with Crippen LogP contribution in [0.5, 0.6) is 5.75 Å². The Kier molecular flexibility index (Phi) is 4.82. The molecule has 0 saturated heterocycles. The average Bonchev–Trinajstić information content (AvgIpc) is 2.48. The van der Waals surface area contributed by atoms with E-state index in [4.69, 9.17) is 9.47 Å². The van der Waals surface area contributed by atoms with Crippen molar-refractivity contribution in [1.82, 2.24) is 0 Å². The van der Waals surface area contributed by atoms with Gasteiger partial charge < -0.3 is 9.47 Å². The third-order valence-corrected chi connectivity index (χ3v) is 4.03. The van der Waals surface area contributed by atoms with Gasteiger partial charge in [-0.3, -0.25) is 0 Å². The smallest absolute Gasteiger partial charge is 0.338 e. The van der Waals surface area contributed by atoms with Crippen molar-refractivity contribution in [3.05, 3.63) is 50.8 Å². The summed E-state index contributed by atoms with van der Waals surface area (Å²) in [6, 6.07) is 8.21. The first-order chi connectivity index (χ1) is 9.97. The highest BCUT2D eigenvalue weighted by Gasteiger charge is 2.14. The van der Waals surface area contributed by atoms with E-state index < -0.39 is 5.97 Å². The number of benzene rings is 2. The summed E-state index contributed by atoms with van der Waals surface area (Å²) in [6.45, 7) is 1.79. The summed E-state index contributed by atoms with van der Waals surface area (Å²) in [6.07, 6.45) is 0. The first-order valence-electron chi connectivity index (χ1n) is 6.20. The van der Waals surface area contributed by atoms with Crippen molar-refractivity contribution in [3.63, 3.8) is 0 Å². The second kappa shape index (κ2) is 6.43. The molecule has 0 atom stereocenters. The van der Waals surface area contributed by atoms with E-state index >= 15 is 0 Å². The van der Waals surface area contributed by atoms with Gasteiger partial charge in [-0.2, -0.15) is 0 Å². The van der Waals surface area contributed by atoms with Crippen LogP contribution in [0.4, 0.5) is 4.39 Å². The fourth-order valence-electron chi connectivity index (χ4n) is 2.08. The summed E-state index contributed by atoms with van der Waals surface area (Å²) in [7, 11) is 2.84. The predicted molar refractivity (Wildman–Crippen MR) is 87.2 cm³/mol. The molecule has 0 unspecified atom stereocenters. The number of esters is 1. The van der Waals surface area contributed by atoms with Crippen LogP contribution in [0.3, 0.4) is 0 Å². The van der Waals surface area contributed by atoms with Crippen LogP contribution in [-0.2, 0) is 4.74 Å². The van der Waals surface area contributed by atoms with E-state index in [9.17, 15) is 9.18 Å². The molecule has 110 valence electrons. The number of ether oxygens (including phenoxy) is 2. The molecule has 0 spiro atoms. The number of carbonyl (C=O) groups excluding carboxylic acids is 1. The molecule has 0 aromatic heterocycles. The van der Waals surface area contributed by atoms with Crippen LogP contribution in [-0.4, -0.2) is 20.2 Å². The van der Waals surface area contributed by atoms with Gasteiger partial charge in [-0.15, -0.1) is 0 Å². The normalized spacial score (nSPS) is 10.3. The fraction of sp³-hybridized carbons (Fsp3) is 0.188. The number of hydrogen-bond donors (Lipinski definition) is 0. The van der Waals surface area contributed by atoms with Gasteiger partial charge >= 0.3 is 5.97 Å². The molecule has 0 aliphatic heterocycles. The van der Waals surface area contributed by atoms with Gasteiger partial charge in [0.1, 0.15) is 11.6 Å². The van der Waals surface area contributed by atoms with Gasteiger partial charge in [0.05, 0.1) is 23.4 Å². The van der Waals surface area contributed by atoms with Crippen LogP contribution < -0.4 is 4.74 Å². The second-order valence-electron chi connectivity index (χ2n) is 4.49. The van der Waals surface area contributed by atoms with Gasteiger partial charge in [0.15, 0.2) is 0 Å². The van der Waals surface area contributed by atoms with E-state index in [2.05, 4.69) is 22.6 Å². The summed E-state index contributed by atoms with van der Waals surface area (Å²) in [5.41, 5.74) is 2.40. The summed E-state index contributed by atoms with van der Waals surface area (Å²) in [5.74, 6) is -0.263. The Balaban J connectivity index is 2.51. The Morgan fingerprint density at radius 1 is 1.19 bits per heavy atom. The van der Waals surface area contributed by atoms with Crippen LogP contribution in [0.1, 0.15) is 15.9 Å². The zero-order valence-electron chi connectivity index (χ0n) is 11.9. The predicted octanol–water partition coefficient (Wildman–Crippen LogP) is 4.20. The van der Waals surface area contributed by atoms with Crippen molar-refractivity contribution in [2.24, 2.45) is 0 Å². The summed E-state index contributed by atoms with van der Waals surface area (Å²) < 4.78 is 24.8. The minimum absolute atomic E-state index is 0.363. The lowest BCUT2D eigenvalue weighted by Crippen LogP contribution is -2.03. The van der Waals surface area contributed by atoms with Crippen molar-refractivity contribution in [3.8, 4) is 16.9 Å². The minimum Gasteiger partial charge on any atom is -0.496 e. The molecule has 5 heteroatoms. The highest BCUT2D eigenvalue weighted by molar-refractivity contribution is 14.1. The highest BCUT2D eigenvalue weighted by Crippen LogP contribution is 2.31. The standard InChI is InChI=1S/C16H14FIO3/c1-9-6-10(4-5-11(9)16(19)21-3)12-7-14(18)15(20-2)8-13(12)17/h4-8H,1-3H3. The largest absolute Gasteiger partial charge is 0.496 e. The lowest BCUT2D eigenvalue weighted by atomic mass is 9.99. The lowest BCUT2D eigenvalue weighted by Gasteiger charge is -2.10. The first-order valence-corrected chi connectivity index (χ1v) is 7.28. The lowest BCUT2D eigenvalue weighted by molar-refractivity contribution is 0.0600. The van der Waals surface area contributed by atoms with E-state index in [0.29, 0.717) is 22.4 Å². The van der Waals surface area contributed by atoms with Crippen LogP contribution in [0.15, 0.2) is 30.3 Å². The summed E-state index contributed by atoms with van der Waals surface area (Å²) in [4.78, 5) is 11.6. The Morgan fingerprint density at radius 3 is 2.48 bits per heavy atom. The molecule has 2 aromatic rings. The SMILES string of the molecule is COC(=O)c1ccc(-c2cc(I)c(OC)cc2F)cc1C. The maximum atomic E-state index is 14.2. The van der Waals surface area contributed by atoms with E-state index in [0.717, 1.165) is 9.13 Å². The molecule has 0 heterocycles. The van der Waals surface area contributed by atoms with Crippen molar-refractivity contribution < 1.29 is 18.7 Å². The third kappa shape index (κ3) is 3.18. The molecule has 0 saturated carbocycles. The number of methoxy groups -OCH3 is 2. The van der Waals surface area contributed by atoms with E-state index in [1.807, 2.05) is 0 Å². The van der Waals surface area contributed by atoms with Crippen molar-refractivity contribution in [1.29, 1.82) is 0 Å². The zero-order valence-corrected chi connectivity index (χ0v) is 14.0. The van der Waals surface area contributed by atoms with Gasteiger partial charge in [0, 0.05) is 11.6 Å². The van der Waals surface area contributed by atoms with E-state index in [-0.39, 0.29) is 5.82 Å². The quantitative estimate of drug-likeness (QED) is 0.573. The molecule has 0 aliphatic carbocycles. The molecular formula is C16H14FIO3. The van der Waals surface area contributed by atoms with Gasteiger partial charge in [-0.1, -0.05) is 12.1 Å². The monoisotopic (exact) mass is 400 g/mol. The molecule has 21 heavy (non-hydrogen) atoms. The molecule has 2 aromatic carbocycles. The van der Waals surface area contributed by atoms with Gasteiger partial charge in [0.25, 0.3) is 0 Å². The van der Waals surface area contributed by atoms with Crippen LogP contribution in [0, 0.1) is 16.3 Å². The molecular weight excluding hydrogens is 386 g/mol. The Morgan fingerprint density at radius 2 is 1.90 bits per heavy atom. The number of aryl methyl sites for hydroxylation is 1. The number of halogens is 2. The minimum atomic E-state index is -0.399. The molecule has 0 aliphatic rings. The number of hydrogen-bond acceptors (Lipinski definition) is 3. The average molecular weight is 400 g/mol. The highest BCUT2D eigenvalue weighted by atomic mass is 127. The number of carbonyl (C=O) groups is 1. The zero-order chi connectivity index (χ0) is 15.6. The molecule has 0 N–H and O–H groups in total. The maximum Gasteiger partial charge on any atom is 0.338 e. The third-order valence-electron chi connectivity index (χ3n) is 3.18. The van der Waals surface area contributed by atoms with Crippen molar-refractivity contribution in [2.75, 3.05) is 14.2 Å². The van der Waals surface area contributed by atoms with Gasteiger partial charge in [-0.05, 0) is 52.8 Å². The van der Waals surface area contributed by atoms with E-state index in [1.165, 1.54) is 20.3 Å². The maximum absolute atomic E-state index is 14.2. The van der Waals surface area contributed by atoms with Crippen LogP contribution >= 0.6 is 22.6 Å². The Bertz CT molecular complexity index is 698. The molecule has 3 nitrogen and oxygen atoms in total. The topological polar surface area (TPSA) is 35.5 Å². The van der Waals surface area contributed by atoms with Gasteiger partial charge in [-0.25, -0.2) is 9.18 Å². The first kappa shape index (κ1) is 15.8. The fourth-order valence-corrected chi connectivity index (χ4v) is 2.76. The summed E-state index contributed by atoms with van der Waals surface area (Å²) >= 11 is 2.10. The molecule has 0 fully saturated rings. The van der Waals surface area contributed by atoms with Gasteiger partial charge in [0.2, 0.25) is 0 Å². The molecule has 0 bridgehead atoms. The van der Waals surface area contributed by atoms with Crippen LogP contribution in [0.25, 0.3) is 11.1 Å². The summed E-state index contributed by atoms with van der Waals surface area (Å²) in [5, 5.41) is 0. The molecule has 2 rings (SSSR count). The Labute approximate surface area is 136 Å².